The normalized spacial score (nSPS) is 9.89. The first-order valence-corrected chi connectivity index (χ1v) is 7.20. The van der Waals surface area contributed by atoms with Crippen molar-refractivity contribution in [1.82, 2.24) is 0 Å². The lowest BCUT2D eigenvalue weighted by Gasteiger charge is -2.03. The van der Waals surface area contributed by atoms with Crippen LogP contribution < -0.4 is 0 Å². The summed E-state index contributed by atoms with van der Waals surface area (Å²) in [7, 11) is 0. The summed E-state index contributed by atoms with van der Waals surface area (Å²) in [5, 5.41) is 17.8. The van der Waals surface area contributed by atoms with Crippen molar-refractivity contribution in [3.63, 3.8) is 0 Å². The predicted molar refractivity (Wildman–Crippen MR) is 81.4 cm³/mol. The molecule has 2 rings (SSSR count). The number of carbonyl (C=O) groups is 1. The molecule has 0 aromatic heterocycles. The summed E-state index contributed by atoms with van der Waals surface area (Å²) in [5.41, 5.74) is 0.914. The third kappa shape index (κ3) is 3.49. The van der Waals surface area contributed by atoms with E-state index in [1.165, 1.54) is 11.8 Å². The molecule has 0 aliphatic carbocycles. The standard InChI is InChI=1S/C14H8INO2S/c15-13-6-5-12(7-10(13)8-16)19-11-3-1-9(2-4-11)14(17)18/h1-7H,(H,17,18). The van der Waals surface area contributed by atoms with Gasteiger partial charge >= 0.3 is 5.97 Å². The summed E-state index contributed by atoms with van der Waals surface area (Å²) < 4.78 is 0.922. The Balaban J connectivity index is 2.22. The summed E-state index contributed by atoms with van der Waals surface area (Å²) in [6.07, 6.45) is 0. The maximum Gasteiger partial charge on any atom is 0.335 e. The molecule has 0 spiro atoms. The van der Waals surface area contributed by atoms with Crippen LogP contribution in [0.4, 0.5) is 0 Å². The summed E-state index contributed by atoms with van der Waals surface area (Å²) in [4.78, 5) is 12.6. The van der Waals surface area contributed by atoms with Gasteiger partial charge < -0.3 is 5.11 Å². The maximum atomic E-state index is 10.7. The fraction of sp³-hybridized carbons (Fsp3) is 0. The molecular weight excluding hydrogens is 373 g/mol. The Labute approximate surface area is 128 Å². The molecule has 0 bridgehead atoms. The van der Waals surface area contributed by atoms with E-state index in [-0.39, 0.29) is 5.56 Å². The van der Waals surface area contributed by atoms with E-state index < -0.39 is 5.97 Å². The number of hydrogen-bond acceptors (Lipinski definition) is 3. The molecule has 5 heteroatoms. The highest BCUT2D eigenvalue weighted by atomic mass is 127. The van der Waals surface area contributed by atoms with Gasteiger partial charge in [0.25, 0.3) is 0 Å². The predicted octanol–water partition coefficient (Wildman–Crippen LogP) is 4.01. The van der Waals surface area contributed by atoms with E-state index in [1.807, 2.05) is 18.2 Å². The first-order valence-electron chi connectivity index (χ1n) is 5.31. The van der Waals surface area contributed by atoms with Gasteiger partial charge in [-0.2, -0.15) is 5.26 Å². The Hall–Kier alpha value is -1.52. The van der Waals surface area contributed by atoms with Gasteiger partial charge in [0, 0.05) is 13.4 Å². The summed E-state index contributed by atoms with van der Waals surface area (Å²) in [5.74, 6) is -0.933. The smallest absolute Gasteiger partial charge is 0.335 e. The van der Waals surface area contributed by atoms with Gasteiger partial charge in [0.05, 0.1) is 11.1 Å². The monoisotopic (exact) mass is 381 g/mol. The van der Waals surface area contributed by atoms with Gasteiger partial charge in [-0.25, -0.2) is 4.79 Å². The number of nitriles is 1. The van der Waals surface area contributed by atoms with Crippen LogP contribution in [-0.2, 0) is 0 Å². The molecule has 2 aromatic rings. The second-order valence-electron chi connectivity index (χ2n) is 3.69. The molecular formula is C14H8INO2S. The lowest BCUT2D eigenvalue weighted by molar-refractivity contribution is 0.0697. The highest BCUT2D eigenvalue weighted by Gasteiger charge is 2.05. The summed E-state index contributed by atoms with van der Waals surface area (Å²) >= 11 is 3.62. The third-order valence-electron chi connectivity index (χ3n) is 2.40. The quantitative estimate of drug-likeness (QED) is 0.817. The van der Waals surface area contributed by atoms with E-state index >= 15 is 0 Å². The number of aromatic carboxylic acids is 1. The average molecular weight is 381 g/mol. The van der Waals surface area contributed by atoms with Crippen LogP contribution in [0.25, 0.3) is 0 Å². The number of nitrogens with zero attached hydrogens (tertiary/aromatic N) is 1. The lowest BCUT2D eigenvalue weighted by atomic mass is 10.2. The van der Waals surface area contributed by atoms with Crippen LogP contribution in [0.2, 0.25) is 0 Å². The Kier molecular flexibility index (Phi) is 4.45. The largest absolute Gasteiger partial charge is 0.478 e. The van der Waals surface area contributed by atoms with E-state index in [2.05, 4.69) is 28.7 Å². The Bertz CT molecular complexity index is 662. The Morgan fingerprint density at radius 2 is 1.79 bits per heavy atom. The minimum absolute atomic E-state index is 0.268. The Morgan fingerprint density at radius 1 is 1.16 bits per heavy atom. The van der Waals surface area contributed by atoms with Crippen molar-refractivity contribution in [2.75, 3.05) is 0 Å². The number of carboxylic acid groups (broad SMARTS) is 1. The fourth-order valence-electron chi connectivity index (χ4n) is 1.46. The number of halogens is 1. The van der Waals surface area contributed by atoms with Crippen LogP contribution in [0.15, 0.2) is 52.3 Å². The zero-order chi connectivity index (χ0) is 13.8. The van der Waals surface area contributed by atoms with Gasteiger partial charge in [-0.3, -0.25) is 0 Å². The molecule has 3 nitrogen and oxygen atoms in total. The van der Waals surface area contributed by atoms with E-state index in [4.69, 9.17) is 10.4 Å². The second-order valence-corrected chi connectivity index (χ2v) is 5.99. The van der Waals surface area contributed by atoms with Crippen LogP contribution in [0.5, 0.6) is 0 Å². The van der Waals surface area contributed by atoms with E-state index in [9.17, 15) is 4.79 Å². The zero-order valence-electron chi connectivity index (χ0n) is 9.63. The van der Waals surface area contributed by atoms with Crippen LogP contribution >= 0.6 is 34.4 Å². The van der Waals surface area contributed by atoms with E-state index in [0.29, 0.717) is 5.56 Å². The number of carboxylic acids is 1. The molecule has 0 saturated heterocycles. The molecule has 2 aromatic carbocycles. The highest BCUT2D eigenvalue weighted by molar-refractivity contribution is 14.1. The van der Waals surface area contributed by atoms with Crippen LogP contribution in [-0.4, -0.2) is 11.1 Å². The van der Waals surface area contributed by atoms with Gasteiger partial charge in [0.15, 0.2) is 0 Å². The molecule has 0 amide bonds. The molecule has 0 heterocycles. The molecule has 0 saturated carbocycles. The topological polar surface area (TPSA) is 61.1 Å². The van der Waals surface area contributed by atoms with Gasteiger partial charge in [-0.15, -0.1) is 0 Å². The molecule has 19 heavy (non-hydrogen) atoms. The van der Waals surface area contributed by atoms with Crippen molar-refractivity contribution in [3.05, 3.63) is 57.2 Å². The van der Waals surface area contributed by atoms with Gasteiger partial charge in [0.1, 0.15) is 6.07 Å². The highest BCUT2D eigenvalue weighted by Crippen LogP contribution is 2.29. The second kappa shape index (κ2) is 6.08. The van der Waals surface area contributed by atoms with Crippen molar-refractivity contribution in [2.45, 2.75) is 9.79 Å². The maximum absolute atomic E-state index is 10.7. The van der Waals surface area contributed by atoms with Crippen molar-refractivity contribution in [3.8, 4) is 6.07 Å². The summed E-state index contributed by atoms with van der Waals surface area (Å²) in [6.45, 7) is 0. The summed E-state index contributed by atoms with van der Waals surface area (Å²) in [6, 6.07) is 14.5. The first-order chi connectivity index (χ1) is 9.10. The molecule has 0 radical (unpaired) electrons. The van der Waals surface area contributed by atoms with Gasteiger partial charge in [-0.05, 0) is 65.1 Å². The first kappa shape index (κ1) is 13.9. The minimum Gasteiger partial charge on any atom is -0.478 e. The molecule has 94 valence electrons. The van der Waals surface area contributed by atoms with Crippen molar-refractivity contribution >= 4 is 40.3 Å². The van der Waals surface area contributed by atoms with Gasteiger partial charge in [-0.1, -0.05) is 11.8 Å². The fourth-order valence-corrected chi connectivity index (χ4v) is 2.77. The zero-order valence-corrected chi connectivity index (χ0v) is 12.6. The average Bonchev–Trinajstić information content (AvgIpc) is 2.41. The van der Waals surface area contributed by atoms with Gasteiger partial charge in [0.2, 0.25) is 0 Å². The van der Waals surface area contributed by atoms with Crippen LogP contribution in [0.3, 0.4) is 0 Å². The van der Waals surface area contributed by atoms with E-state index in [0.717, 1.165) is 13.4 Å². The Morgan fingerprint density at radius 3 is 2.37 bits per heavy atom. The molecule has 0 aliphatic heterocycles. The third-order valence-corrected chi connectivity index (χ3v) is 4.33. The number of benzene rings is 2. The van der Waals surface area contributed by atoms with Crippen LogP contribution in [0, 0.1) is 14.9 Å². The van der Waals surface area contributed by atoms with E-state index in [1.54, 1.807) is 24.3 Å². The number of rotatable bonds is 3. The molecule has 0 atom stereocenters. The SMILES string of the molecule is N#Cc1cc(Sc2ccc(C(=O)O)cc2)ccc1I. The molecule has 0 unspecified atom stereocenters. The van der Waals surface area contributed by atoms with Crippen LogP contribution in [0.1, 0.15) is 15.9 Å². The minimum atomic E-state index is -0.933. The molecule has 0 aliphatic rings. The van der Waals surface area contributed by atoms with Crippen molar-refractivity contribution < 1.29 is 9.90 Å². The lowest BCUT2D eigenvalue weighted by Crippen LogP contribution is -1.94. The molecule has 0 fully saturated rings. The number of hydrogen-bond donors (Lipinski definition) is 1. The molecule has 1 N–H and O–H groups in total. The van der Waals surface area contributed by atoms with Crippen molar-refractivity contribution in [2.24, 2.45) is 0 Å². The van der Waals surface area contributed by atoms with Crippen molar-refractivity contribution in [1.29, 1.82) is 5.26 Å².